The molecule has 8 nitrogen and oxygen atoms in total. The first kappa shape index (κ1) is 21.0. The monoisotopic (exact) mass is 454 g/mol. The van der Waals surface area contributed by atoms with Gasteiger partial charge < -0.3 is 4.74 Å². The first-order valence-electron chi connectivity index (χ1n) is 9.19. The van der Waals surface area contributed by atoms with Crippen molar-refractivity contribution >= 4 is 49.0 Å². The van der Waals surface area contributed by atoms with E-state index in [0.29, 0.717) is 17.9 Å². The van der Waals surface area contributed by atoms with E-state index in [2.05, 4.69) is 16.2 Å². The van der Waals surface area contributed by atoms with Gasteiger partial charge in [-0.25, -0.2) is 8.42 Å². The number of aliphatic imine (C=N–C) groups is 1. The maximum atomic E-state index is 12.4. The molecule has 4 rings (SSSR count). The molecule has 0 saturated carbocycles. The number of carbonyl (C=O) groups is 1. The number of benzene rings is 2. The van der Waals surface area contributed by atoms with Crippen LogP contribution in [0.5, 0.6) is 5.75 Å². The molecule has 0 aromatic heterocycles. The Bertz CT molecular complexity index is 1280. The van der Waals surface area contributed by atoms with Gasteiger partial charge in [0.05, 0.1) is 5.57 Å². The molecule has 10 heteroatoms. The lowest BCUT2D eigenvalue weighted by Gasteiger charge is -2.20. The summed E-state index contributed by atoms with van der Waals surface area (Å²) in [7, 11) is -3.56. The predicted octanol–water partition coefficient (Wildman–Crippen LogP) is 3.20. The molecule has 2 aromatic carbocycles. The minimum atomic E-state index is -3.56. The molecule has 2 heterocycles. The Morgan fingerprint density at radius 3 is 2.61 bits per heavy atom. The number of hydrazone groups is 1. The van der Waals surface area contributed by atoms with Crippen molar-refractivity contribution in [2.24, 2.45) is 10.1 Å². The molecule has 158 valence electrons. The molecular formula is C21H18N4O4S2. The Morgan fingerprint density at radius 1 is 1.19 bits per heavy atom. The van der Waals surface area contributed by atoms with Crippen LogP contribution >= 0.6 is 11.8 Å². The number of hydrogen-bond acceptors (Lipinski definition) is 7. The molecule has 2 aromatic rings. The van der Waals surface area contributed by atoms with Gasteiger partial charge in [0.25, 0.3) is 5.91 Å². The van der Waals surface area contributed by atoms with Crippen LogP contribution in [0.1, 0.15) is 16.7 Å². The van der Waals surface area contributed by atoms with Gasteiger partial charge in [0.15, 0.2) is 5.84 Å². The summed E-state index contributed by atoms with van der Waals surface area (Å²) in [6.45, 7) is 2.47. The molecule has 0 bridgehead atoms. The average molecular weight is 455 g/mol. The summed E-state index contributed by atoms with van der Waals surface area (Å²) in [6, 6.07) is 15.1. The number of sulfone groups is 1. The van der Waals surface area contributed by atoms with Crippen molar-refractivity contribution in [1.82, 2.24) is 5.01 Å². The number of thioether (sulfide) groups is 1. The Balaban J connectivity index is 1.50. The molecule has 0 atom stereocenters. The van der Waals surface area contributed by atoms with Gasteiger partial charge >= 0.3 is 0 Å². The third-order valence-electron chi connectivity index (χ3n) is 4.43. The third kappa shape index (κ3) is 4.59. The highest BCUT2D eigenvalue weighted by Gasteiger charge is 2.38. The van der Waals surface area contributed by atoms with E-state index in [1.807, 2.05) is 25.1 Å². The van der Waals surface area contributed by atoms with Crippen LogP contribution in [0.2, 0.25) is 0 Å². The summed E-state index contributed by atoms with van der Waals surface area (Å²) in [4.78, 5) is 16.3. The first-order valence-corrected chi connectivity index (χ1v) is 11.9. The lowest BCUT2D eigenvalue weighted by Crippen LogP contribution is -2.35. The molecule has 2 aliphatic heterocycles. The highest BCUT2D eigenvalue weighted by molar-refractivity contribution is 8.42. The summed E-state index contributed by atoms with van der Waals surface area (Å²) < 4.78 is 29.0. The van der Waals surface area contributed by atoms with Gasteiger partial charge in [-0.3, -0.25) is 10.2 Å². The number of carbonyl (C=O) groups excluding carboxylic acids is 1. The Kier molecular flexibility index (Phi) is 5.50. The van der Waals surface area contributed by atoms with E-state index in [4.69, 9.17) is 10.1 Å². The smallest absolute Gasteiger partial charge is 0.283 e. The normalized spacial score (nSPS) is 17.5. The molecule has 0 fully saturated rings. The van der Waals surface area contributed by atoms with Crippen LogP contribution < -0.4 is 4.74 Å². The first-order chi connectivity index (χ1) is 14.7. The number of amidine groups is 2. The zero-order valence-corrected chi connectivity index (χ0v) is 18.3. The minimum Gasteiger partial charge on any atom is -0.489 e. The number of amides is 1. The van der Waals surface area contributed by atoms with Crippen LogP contribution in [-0.2, 0) is 21.2 Å². The van der Waals surface area contributed by atoms with E-state index in [-0.39, 0.29) is 21.0 Å². The highest BCUT2D eigenvalue weighted by atomic mass is 32.3. The quantitative estimate of drug-likeness (QED) is 0.710. The standard InChI is InChI=1S/C21H18N4O4S2/c1-13-4-3-5-15(10-13)12-29-16-8-6-14(7-9-16)11-17-18(22)25-20(23-19(17)26)30-21(24-25)31(2,27)28/h3-11,22H,12H2,1-2H3/b17-11-,22-18?. The molecule has 2 aliphatic rings. The van der Waals surface area contributed by atoms with Crippen molar-refractivity contribution in [3.63, 3.8) is 0 Å². The van der Waals surface area contributed by atoms with Gasteiger partial charge in [-0.2, -0.15) is 10.0 Å². The van der Waals surface area contributed by atoms with Crippen molar-refractivity contribution in [2.45, 2.75) is 13.5 Å². The molecule has 1 N–H and O–H groups in total. The maximum Gasteiger partial charge on any atom is 0.283 e. The van der Waals surface area contributed by atoms with E-state index >= 15 is 0 Å². The summed E-state index contributed by atoms with van der Waals surface area (Å²) in [5.41, 5.74) is 2.93. The summed E-state index contributed by atoms with van der Waals surface area (Å²) in [5, 5.41) is 13.3. The molecule has 0 saturated heterocycles. The second kappa shape index (κ2) is 8.12. The molecule has 0 aliphatic carbocycles. The number of rotatable bonds is 4. The minimum absolute atomic E-state index is 0.0243. The fourth-order valence-electron chi connectivity index (χ4n) is 2.92. The Hall–Kier alpha value is -3.24. The lowest BCUT2D eigenvalue weighted by molar-refractivity contribution is -0.114. The second-order valence-electron chi connectivity index (χ2n) is 7.00. The molecular weight excluding hydrogens is 436 g/mol. The van der Waals surface area contributed by atoms with E-state index < -0.39 is 15.7 Å². The zero-order valence-electron chi connectivity index (χ0n) is 16.7. The van der Waals surface area contributed by atoms with Gasteiger partial charge in [-0.05, 0) is 48.0 Å². The second-order valence-corrected chi connectivity index (χ2v) is 10.2. The van der Waals surface area contributed by atoms with Gasteiger partial charge in [0.2, 0.25) is 19.4 Å². The van der Waals surface area contributed by atoms with Crippen molar-refractivity contribution in [1.29, 1.82) is 5.41 Å². The fraction of sp³-hybridized carbons (Fsp3) is 0.143. The third-order valence-corrected chi connectivity index (χ3v) is 7.01. The van der Waals surface area contributed by atoms with Crippen molar-refractivity contribution in [2.75, 3.05) is 6.26 Å². The van der Waals surface area contributed by atoms with Crippen LogP contribution in [0, 0.1) is 12.3 Å². The van der Waals surface area contributed by atoms with E-state index in [9.17, 15) is 13.2 Å². The summed E-state index contributed by atoms with van der Waals surface area (Å²) >= 11 is 0.756. The fourth-order valence-corrected chi connectivity index (χ4v) is 4.60. The van der Waals surface area contributed by atoms with Gasteiger partial charge in [0.1, 0.15) is 12.4 Å². The topological polar surface area (TPSA) is 112 Å². The maximum absolute atomic E-state index is 12.4. The van der Waals surface area contributed by atoms with Crippen molar-refractivity contribution < 1.29 is 17.9 Å². The van der Waals surface area contributed by atoms with E-state index in [1.165, 1.54) is 6.08 Å². The number of ether oxygens (including phenoxy) is 1. The van der Waals surface area contributed by atoms with Crippen LogP contribution in [-0.4, -0.2) is 41.0 Å². The average Bonchev–Trinajstić information content (AvgIpc) is 3.15. The molecule has 0 radical (unpaired) electrons. The van der Waals surface area contributed by atoms with Gasteiger partial charge in [0, 0.05) is 6.26 Å². The molecule has 31 heavy (non-hydrogen) atoms. The molecule has 0 unspecified atom stereocenters. The zero-order chi connectivity index (χ0) is 22.2. The molecule has 1 amide bonds. The summed E-state index contributed by atoms with van der Waals surface area (Å²) in [5.74, 6) is -0.165. The van der Waals surface area contributed by atoms with Crippen molar-refractivity contribution in [3.05, 3.63) is 70.8 Å². The van der Waals surface area contributed by atoms with Crippen LogP contribution in [0.3, 0.4) is 0 Å². The SMILES string of the molecule is Cc1cccc(COc2ccc(/C=C3/C(=N)N4N=C(S(C)(=O)=O)SC4=NC3=O)cc2)c1. The largest absolute Gasteiger partial charge is 0.489 e. The van der Waals surface area contributed by atoms with Crippen LogP contribution in [0.4, 0.5) is 0 Å². The Morgan fingerprint density at radius 2 is 1.94 bits per heavy atom. The van der Waals surface area contributed by atoms with E-state index in [0.717, 1.165) is 34.2 Å². The number of aryl methyl sites for hydroxylation is 1. The Labute approximate surface area is 183 Å². The summed E-state index contributed by atoms with van der Waals surface area (Å²) in [6.07, 6.45) is 2.54. The van der Waals surface area contributed by atoms with Crippen LogP contribution in [0.25, 0.3) is 6.08 Å². The molecule has 0 spiro atoms. The number of hydrogen-bond donors (Lipinski definition) is 1. The number of nitrogens with one attached hydrogen (secondary N) is 1. The van der Waals surface area contributed by atoms with E-state index in [1.54, 1.807) is 24.3 Å². The number of nitrogens with zero attached hydrogens (tertiary/aromatic N) is 3. The van der Waals surface area contributed by atoms with Crippen molar-refractivity contribution in [3.8, 4) is 5.75 Å². The van der Waals surface area contributed by atoms with Gasteiger partial charge in [-0.1, -0.05) is 42.0 Å². The van der Waals surface area contributed by atoms with Gasteiger partial charge in [-0.15, -0.1) is 5.10 Å². The number of fused-ring (bicyclic) bond motifs is 1. The highest BCUT2D eigenvalue weighted by Crippen LogP contribution is 2.30. The predicted molar refractivity (Wildman–Crippen MR) is 122 cm³/mol. The lowest BCUT2D eigenvalue weighted by atomic mass is 10.1. The van der Waals surface area contributed by atoms with Crippen LogP contribution in [0.15, 0.2) is 64.2 Å².